The lowest BCUT2D eigenvalue weighted by atomic mass is 9.89. The van der Waals surface area contributed by atoms with Gasteiger partial charge in [-0.2, -0.15) is 0 Å². The van der Waals surface area contributed by atoms with Gasteiger partial charge >= 0.3 is 0 Å². The molecule has 0 N–H and O–H groups in total. The van der Waals surface area contributed by atoms with E-state index in [2.05, 4.69) is 29.0 Å². The molecule has 0 aromatic heterocycles. The third-order valence-corrected chi connectivity index (χ3v) is 6.19. The normalized spacial score (nSPS) is 24.2. The molecule has 0 unspecified atom stereocenters. The summed E-state index contributed by atoms with van der Waals surface area (Å²) < 4.78 is 10.6. The van der Waals surface area contributed by atoms with Crippen LogP contribution in [0.5, 0.6) is 11.5 Å². The van der Waals surface area contributed by atoms with Gasteiger partial charge in [-0.15, -0.1) is 0 Å². The maximum Gasteiger partial charge on any atom is 0.227 e. The van der Waals surface area contributed by atoms with Gasteiger partial charge in [0.15, 0.2) is 0 Å². The quantitative estimate of drug-likeness (QED) is 0.800. The molecule has 0 saturated carbocycles. The Morgan fingerprint density at radius 1 is 1.00 bits per heavy atom. The molecule has 2 aliphatic rings. The lowest BCUT2D eigenvalue weighted by Crippen LogP contribution is -2.34. The number of benzene rings is 2. The molecule has 5 heteroatoms. The molecule has 2 saturated heterocycles. The van der Waals surface area contributed by atoms with E-state index in [1.165, 1.54) is 5.56 Å². The van der Waals surface area contributed by atoms with Crippen molar-refractivity contribution in [2.75, 3.05) is 40.9 Å². The van der Waals surface area contributed by atoms with Crippen LogP contribution in [0.2, 0.25) is 0 Å². The maximum absolute atomic E-state index is 12.9. The van der Waals surface area contributed by atoms with E-state index < -0.39 is 0 Å². The number of fused-ring (bicyclic) bond motifs is 1. The fourth-order valence-electron chi connectivity index (χ4n) is 4.83. The molecule has 2 heterocycles. The van der Waals surface area contributed by atoms with Gasteiger partial charge in [0.25, 0.3) is 0 Å². The molecule has 4 rings (SSSR count). The Morgan fingerprint density at radius 2 is 1.75 bits per heavy atom. The van der Waals surface area contributed by atoms with Gasteiger partial charge in [0.2, 0.25) is 5.91 Å². The summed E-state index contributed by atoms with van der Waals surface area (Å²) in [5.74, 6) is 2.89. The maximum atomic E-state index is 12.9. The summed E-state index contributed by atoms with van der Waals surface area (Å²) in [6.45, 7) is 2.71. The summed E-state index contributed by atoms with van der Waals surface area (Å²) in [5, 5.41) is 0. The third kappa shape index (κ3) is 3.59. The van der Waals surface area contributed by atoms with Crippen LogP contribution in [0.3, 0.4) is 0 Å². The van der Waals surface area contributed by atoms with Crippen LogP contribution in [0.15, 0.2) is 48.5 Å². The molecule has 5 nitrogen and oxygen atoms in total. The first-order valence-electron chi connectivity index (χ1n) is 9.84. The Balaban J connectivity index is 1.45. The van der Waals surface area contributed by atoms with Crippen molar-refractivity contribution < 1.29 is 14.3 Å². The number of carbonyl (C=O) groups is 1. The summed E-state index contributed by atoms with van der Waals surface area (Å²) in [6.07, 6.45) is 0.430. The summed E-state index contributed by atoms with van der Waals surface area (Å²) in [4.78, 5) is 17.4. The average Bonchev–Trinajstić information content (AvgIpc) is 3.25. The van der Waals surface area contributed by atoms with Crippen LogP contribution in [0.25, 0.3) is 0 Å². The summed E-state index contributed by atoms with van der Waals surface area (Å²) in [5.41, 5.74) is 2.31. The summed E-state index contributed by atoms with van der Waals surface area (Å²) >= 11 is 0. The van der Waals surface area contributed by atoms with Crippen LogP contribution in [0.4, 0.5) is 0 Å². The minimum absolute atomic E-state index is 0.207. The van der Waals surface area contributed by atoms with E-state index in [9.17, 15) is 4.79 Å². The Hall–Kier alpha value is -2.53. The third-order valence-electron chi connectivity index (χ3n) is 6.19. The fourth-order valence-corrected chi connectivity index (χ4v) is 4.83. The molecule has 148 valence electrons. The van der Waals surface area contributed by atoms with E-state index in [0.29, 0.717) is 24.3 Å². The molecule has 2 aromatic carbocycles. The van der Waals surface area contributed by atoms with Crippen molar-refractivity contribution >= 4 is 5.91 Å². The zero-order valence-corrected chi connectivity index (χ0v) is 16.8. The van der Waals surface area contributed by atoms with Gasteiger partial charge in [0.1, 0.15) is 11.5 Å². The molecule has 1 amide bonds. The lowest BCUT2D eigenvalue weighted by molar-refractivity contribution is -0.129. The number of rotatable bonds is 5. The highest BCUT2D eigenvalue weighted by atomic mass is 16.5. The van der Waals surface area contributed by atoms with Gasteiger partial charge in [-0.05, 0) is 48.4 Å². The van der Waals surface area contributed by atoms with Crippen molar-refractivity contribution in [2.45, 2.75) is 12.5 Å². The van der Waals surface area contributed by atoms with Crippen molar-refractivity contribution in [2.24, 2.45) is 11.8 Å². The number of hydrogen-bond acceptors (Lipinski definition) is 4. The topological polar surface area (TPSA) is 42.0 Å². The minimum Gasteiger partial charge on any atom is -0.497 e. The van der Waals surface area contributed by atoms with Gasteiger partial charge in [0.05, 0.1) is 20.6 Å². The fraction of sp³-hybridized carbons (Fsp3) is 0.435. The van der Waals surface area contributed by atoms with E-state index in [0.717, 1.165) is 36.7 Å². The molecular formula is C23H28N2O3. The van der Waals surface area contributed by atoms with E-state index in [4.69, 9.17) is 9.47 Å². The number of carbonyl (C=O) groups excluding carboxylic acids is 1. The summed E-state index contributed by atoms with van der Waals surface area (Å²) in [7, 11) is 5.53. The molecule has 3 atom stereocenters. The van der Waals surface area contributed by atoms with Crippen LogP contribution in [-0.4, -0.2) is 56.6 Å². The molecule has 28 heavy (non-hydrogen) atoms. The van der Waals surface area contributed by atoms with Crippen molar-refractivity contribution in [3.05, 3.63) is 59.7 Å². The van der Waals surface area contributed by atoms with Crippen molar-refractivity contribution in [3.63, 3.8) is 0 Å². The Morgan fingerprint density at radius 3 is 2.46 bits per heavy atom. The van der Waals surface area contributed by atoms with E-state index in [1.54, 1.807) is 14.2 Å². The lowest BCUT2D eigenvalue weighted by Gasteiger charge is -2.27. The first kappa shape index (κ1) is 18.8. The second-order valence-electron chi connectivity index (χ2n) is 7.91. The molecule has 0 bridgehead atoms. The molecule has 2 aliphatic heterocycles. The monoisotopic (exact) mass is 380 g/mol. The number of methoxy groups -OCH3 is 2. The van der Waals surface area contributed by atoms with E-state index in [-0.39, 0.29) is 5.91 Å². The average molecular weight is 380 g/mol. The van der Waals surface area contributed by atoms with E-state index in [1.807, 2.05) is 36.4 Å². The standard InChI is InChI=1S/C23H28N2O3/c1-24-13-18-14-25(22(26)12-16-5-4-6-20(11-16)28-3)15-21(18)23(24)17-7-9-19(27-2)10-8-17/h4-11,18,21,23H,12-15H2,1-3H3/t18-,21+,23-/m0/s1. The molecule has 0 radical (unpaired) electrons. The number of ether oxygens (including phenoxy) is 2. The summed E-state index contributed by atoms with van der Waals surface area (Å²) in [6, 6.07) is 16.5. The molecule has 2 aromatic rings. The first-order valence-corrected chi connectivity index (χ1v) is 9.84. The van der Waals surface area contributed by atoms with Gasteiger partial charge in [-0.25, -0.2) is 0 Å². The van der Waals surface area contributed by atoms with Gasteiger partial charge in [-0.3, -0.25) is 9.69 Å². The predicted octanol–water partition coefficient (Wildman–Crippen LogP) is 3.01. The highest BCUT2D eigenvalue weighted by Gasteiger charge is 2.47. The second kappa shape index (κ2) is 7.84. The SMILES string of the molecule is COc1ccc([C@H]2[C@@H]3CN(C(=O)Cc4cccc(OC)c4)C[C@@H]3CN2C)cc1. The van der Waals surface area contributed by atoms with Crippen LogP contribution >= 0.6 is 0 Å². The Kier molecular flexibility index (Phi) is 5.27. The second-order valence-corrected chi connectivity index (χ2v) is 7.91. The van der Waals surface area contributed by atoms with Crippen LogP contribution in [0.1, 0.15) is 17.2 Å². The van der Waals surface area contributed by atoms with Crippen molar-refractivity contribution in [3.8, 4) is 11.5 Å². The number of amides is 1. The number of hydrogen-bond donors (Lipinski definition) is 0. The zero-order valence-electron chi connectivity index (χ0n) is 16.8. The van der Waals surface area contributed by atoms with Gasteiger partial charge < -0.3 is 14.4 Å². The Bertz CT molecular complexity index is 836. The largest absolute Gasteiger partial charge is 0.497 e. The first-order chi connectivity index (χ1) is 13.6. The van der Waals surface area contributed by atoms with E-state index >= 15 is 0 Å². The predicted molar refractivity (Wildman–Crippen MR) is 109 cm³/mol. The molecular weight excluding hydrogens is 352 g/mol. The number of likely N-dealkylation sites (tertiary alicyclic amines) is 2. The highest BCUT2D eigenvalue weighted by Crippen LogP contribution is 2.44. The van der Waals surface area contributed by atoms with Gasteiger partial charge in [-0.1, -0.05) is 24.3 Å². The smallest absolute Gasteiger partial charge is 0.227 e. The van der Waals surface area contributed by atoms with Crippen LogP contribution in [0, 0.1) is 11.8 Å². The molecule has 0 spiro atoms. The highest BCUT2D eigenvalue weighted by molar-refractivity contribution is 5.79. The van der Waals surface area contributed by atoms with Crippen molar-refractivity contribution in [1.29, 1.82) is 0 Å². The molecule has 2 fully saturated rings. The number of nitrogens with zero attached hydrogens (tertiary/aromatic N) is 2. The van der Waals surface area contributed by atoms with Crippen LogP contribution < -0.4 is 9.47 Å². The van der Waals surface area contributed by atoms with Crippen molar-refractivity contribution in [1.82, 2.24) is 9.80 Å². The van der Waals surface area contributed by atoms with Gasteiger partial charge in [0, 0.05) is 31.6 Å². The minimum atomic E-state index is 0.207. The van der Waals surface area contributed by atoms with Crippen LogP contribution in [-0.2, 0) is 11.2 Å². The Labute approximate surface area is 166 Å². The zero-order chi connectivity index (χ0) is 19.7. The molecule has 0 aliphatic carbocycles.